The zero-order valence-corrected chi connectivity index (χ0v) is 10.6. The van der Waals surface area contributed by atoms with Crippen molar-refractivity contribution < 1.29 is 13.3 Å². The summed E-state index contributed by atoms with van der Waals surface area (Å²) in [4.78, 5) is 12.0. The maximum Gasteiger partial charge on any atom is 0.273 e. The van der Waals surface area contributed by atoms with Crippen molar-refractivity contribution in [3.05, 3.63) is 39.9 Å². The Morgan fingerprint density at radius 3 is 2.61 bits per heavy atom. The van der Waals surface area contributed by atoms with Crippen LogP contribution in [0.4, 0.5) is 5.69 Å². The van der Waals surface area contributed by atoms with Crippen molar-refractivity contribution in [1.29, 1.82) is 0 Å². The van der Waals surface area contributed by atoms with Gasteiger partial charge in [0.2, 0.25) is 10.0 Å². The smallest absolute Gasteiger partial charge is 0.273 e. The number of thiocarbonyl (C=S) groups is 1. The molecule has 1 aromatic rings. The van der Waals surface area contributed by atoms with Crippen LogP contribution in [0.15, 0.2) is 24.3 Å². The highest BCUT2D eigenvalue weighted by Gasteiger charge is 2.19. The molecule has 0 aliphatic carbocycles. The lowest BCUT2D eigenvalue weighted by Gasteiger charge is -2.07. The number of rotatable bonds is 5. The van der Waals surface area contributed by atoms with Crippen LogP contribution in [0.25, 0.3) is 0 Å². The lowest BCUT2D eigenvalue weighted by Crippen LogP contribution is -2.44. The second-order valence-corrected chi connectivity index (χ2v) is 5.40. The molecular formula is C8H10N4O4S2. The summed E-state index contributed by atoms with van der Waals surface area (Å²) in [5, 5.41) is 10.5. The molecule has 0 aromatic heterocycles. The van der Waals surface area contributed by atoms with E-state index in [1.54, 1.807) is 0 Å². The number of nitrogens with one attached hydrogen (secondary N) is 2. The molecule has 0 aliphatic heterocycles. The highest BCUT2D eigenvalue weighted by Crippen LogP contribution is 2.19. The number of nitrogens with two attached hydrogens (primary N) is 1. The molecule has 18 heavy (non-hydrogen) atoms. The number of hydrogen-bond acceptors (Lipinski definition) is 5. The number of nitro groups is 1. The van der Waals surface area contributed by atoms with Crippen LogP contribution in [0.5, 0.6) is 0 Å². The molecule has 1 rings (SSSR count). The molecule has 98 valence electrons. The molecule has 10 heteroatoms. The van der Waals surface area contributed by atoms with Crippen molar-refractivity contribution in [2.75, 3.05) is 0 Å². The average molecular weight is 290 g/mol. The van der Waals surface area contributed by atoms with Gasteiger partial charge < -0.3 is 5.73 Å². The van der Waals surface area contributed by atoms with Gasteiger partial charge >= 0.3 is 0 Å². The summed E-state index contributed by atoms with van der Waals surface area (Å²) in [5.74, 6) is -0.556. The van der Waals surface area contributed by atoms with E-state index in [9.17, 15) is 18.5 Å². The summed E-state index contributed by atoms with van der Waals surface area (Å²) >= 11 is 4.43. The average Bonchev–Trinajstić information content (AvgIpc) is 2.26. The van der Waals surface area contributed by atoms with Crippen LogP contribution in [0.2, 0.25) is 0 Å². The molecular weight excluding hydrogens is 280 g/mol. The molecule has 8 nitrogen and oxygen atoms in total. The molecule has 0 saturated heterocycles. The summed E-state index contributed by atoms with van der Waals surface area (Å²) in [7, 11) is -3.82. The zero-order chi connectivity index (χ0) is 13.8. The number of hydrogen-bond donors (Lipinski definition) is 3. The van der Waals surface area contributed by atoms with Crippen LogP contribution >= 0.6 is 12.2 Å². The van der Waals surface area contributed by atoms with Crippen LogP contribution in [0.3, 0.4) is 0 Å². The van der Waals surface area contributed by atoms with E-state index < -0.39 is 20.7 Å². The number of sulfonamides is 1. The van der Waals surface area contributed by atoms with E-state index in [0.29, 0.717) is 0 Å². The van der Waals surface area contributed by atoms with Gasteiger partial charge in [0, 0.05) is 11.6 Å². The summed E-state index contributed by atoms with van der Waals surface area (Å²) in [6, 6.07) is 5.55. The summed E-state index contributed by atoms with van der Waals surface area (Å²) < 4.78 is 23.1. The van der Waals surface area contributed by atoms with Gasteiger partial charge in [-0.05, 0) is 12.2 Å². The molecule has 0 amide bonds. The lowest BCUT2D eigenvalue weighted by molar-refractivity contribution is -0.385. The van der Waals surface area contributed by atoms with Gasteiger partial charge in [-0.3, -0.25) is 15.5 Å². The number of nitrogens with zero attached hydrogens (tertiary/aromatic N) is 1. The van der Waals surface area contributed by atoms with Gasteiger partial charge in [0.1, 0.15) is 0 Å². The van der Waals surface area contributed by atoms with Gasteiger partial charge in [0.05, 0.1) is 10.7 Å². The summed E-state index contributed by atoms with van der Waals surface area (Å²) in [6.07, 6.45) is 0. The number of benzene rings is 1. The monoisotopic (exact) mass is 290 g/mol. The second-order valence-electron chi connectivity index (χ2n) is 3.24. The fourth-order valence-corrected chi connectivity index (χ4v) is 2.29. The predicted octanol–water partition coefficient (Wildman–Crippen LogP) is -0.238. The fourth-order valence-electron chi connectivity index (χ4n) is 1.18. The number of nitro benzene ring substituents is 1. The molecule has 0 fully saturated rings. The van der Waals surface area contributed by atoms with Crippen molar-refractivity contribution in [2.24, 2.45) is 5.73 Å². The van der Waals surface area contributed by atoms with E-state index in [0.717, 1.165) is 0 Å². The minimum Gasteiger partial charge on any atom is -0.375 e. The van der Waals surface area contributed by atoms with Crippen molar-refractivity contribution in [2.45, 2.75) is 5.75 Å². The Hall–Kier alpha value is -1.78. The van der Waals surface area contributed by atoms with E-state index >= 15 is 0 Å². The van der Waals surface area contributed by atoms with E-state index in [1.807, 2.05) is 4.83 Å². The van der Waals surface area contributed by atoms with Crippen LogP contribution in [0, 0.1) is 10.1 Å². The molecule has 0 heterocycles. The largest absolute Gasteiger partial charge is 0.375 e. The first kappa shape index (κ1) is 14.3. The highest BCUT2D eigenvalue weighted by atomic mass is 32.2. The first-order valence-electron chi connectivity index (χ1n) is 4.59. The quantitative estimate of drug-likeness (QED) is 0.388. The normalized spacial score (nSPS) is 10.9. The first-order chi connectivity index (χ1) is 8.32. The number of para-hydroxylation sites is 1. The molecule has 1 aromatic carbocycles. The molecule has 0 radical (unpaired) electrons. The lowest BCUT2D eigenvalue weighted by atomic mass is 10.2. The van der Waals surface area contributed by atoms with Gasteiger partial charge in [-0.25, -0.2) is 8.42 Å². The van der Waals surface area contributed by atoms with Gasteiger partial charge in [-0.2, -0.15) is 0 Å². The third-order valence-electron chi connectivity index (χ3n) is 1.86. The van der Waals surface area contributed by atoms with E-state index in [-0.39, 0.29) is 16.4 Å². The molecule has 0 aliphatic rings. The molecule has 4 N–H and O–H groups in total. The molecule has 0 atom stereocenters. The van der Waals surface area contributed by atoms with Crippen LogP contribution < -0.4 is 16.0 Å². The van der Waals surface area contributed by atoms with Crippen LogP contribution in [-0.2, 0) is 15.8 Å². The zero-order valence-electron chi connectivity index (χ0n) is 8.99. The van der Waals surface area contributed by atoms with Crippen molar-refractivity contribution in [1.82, 2.24) is 10.3 Å². The summed E-state index contributed by atoms with van der Waals surface area (Å²) in [6.45, 7) is 0. The van der Waals surface area contributed by atoms with Gasteiger partial charge in [0.15, 0.2) is 5.11 Å². The Bertz CT molecular complexity index is 572. The molecule has 0 bridgehead atoms. The third-order valence-corrected chi connectivity index (χ3v) is 3.07. The van der Waals surface area contributed by atoms with Crippen molar-refractivity contribution in [3.8, 4) is 0 Å². The maximum atomic E-state index is 11.6. The Labute approximate surface area is 108 Å². The van der Waals surface area contributed by atoms with Gasteiger partial charge in [-0.1, -0.05) is 18.2 Å². The van der Waals surface area contributed by atoms with E-state index in [2.05, 4.69) is 17.6 Å². The Balaban J connectivity index is 2.90. The SMILES string of the molecule is NC(=S)NNS(=O)(=O)Cc1ccccc1[N+](=O)[O-]. The second kappa shape index (κ2) is 5.71. The minimum atomic E-state index is -3.82. The van der Waals surface area contributed by atoms with E-state index in [1.165, 1.54) is 24.3 Å². The topological polar surface area (TPSA) is 127 Å². The van der Waals surface area contributed by atoms with Crippen LogP contribution in [-0.4, -0.2) is 18.5 Å². The minimum absolute atomic E-state index is 0.0692. The highest BCUT2D eigenvalue weighted by molar-refractivity contribution is 7.88. The Kier molecular flexibility index (Phi) is 4.53. The standard InChI is InChI=1S/C8H10N4O4S2/c9-8(17)10-11-18(15,16)5-6-3-1-2-4-7(6)12(13)14/h1-4,11H,5H2,(H3,9,10,17). The van der Waals surface area contributed by atoms with Crippen molar-refractivity contribution in [3.63, 3.8) is 0 Å². The van der Waals surface area contributed by atoms with Gasteiger partial charge in [0.25, 0.3) is 5.69 Å². The predicted molar refractivity (Wildman–Crippen MR) is 68.8 cm³/mol. The van der Waals surface area contributed by atoms with Crippen LogP contribution in [0.1, 0.15) is 5.56 Å². The Morgan fingerprint density at radius 1 is 1.44 bits per heavy atom. The third kappa shape index (κ3) is 4.24. The number of hydrazine groups is 1. The van der Waals surface area contributed by atoms with Crippen molar-refractivity contribution >= 4 is 33.0 Å². The fraction of sp³-hybridized carbons (Fsp3) is 0.125. The van der Waals surface area contributed by atoms with Gasteiger partial charge in [-0.15, -0.1) is 4.83 Å². The summed E-state index contributed by atoms with van der Waals surface area (Å²) in [5.41, 5.74) is 6.92. The molecule has 0 saturated carbocycles. The molecule has 0 spiro atoms. The maximum absolute atomic E-state index is 11.6. The van der Waals surface area contributed by atoms with E-state index in [4.69, 9.17) is 5.73 Å². The Morgan fingerprint density at radius 2 is 2.06 bits per heavy atom. The molecule has 0 unspecified atom stereocenters. The first-order valence-corrected chi connectivity index (χ1v) is 6.65.